The normalized spacial score (nSPS) is 22.9. The highest BCUT2D eigenvalue weighted by molar-refractivity contribution is 5.92. The molecule has 0 aromatic heterocycles. The van der Waals surface area contributed by atoms with Crippen LogP contribution in [0.25, 0.3) is 0 Å². The van der Waals surface area contributed by atoms with Gasteiger partial charge in [0.1, 0.15) is 36.2 Å². The zero-order valence-electron chi connectivity index (χ0n) is 18.6. The fourth-order valence-electron chi connectivity index (χ4n) is 4.45. The molecule has 1 fully saturated rings. The van der Waals surface area contributed by atoms with Gasteiger partial charge in [-0.2, -0.15) is 0 Å². The number of hydrogen-bond donors (Lipinski definition) is 3. The number of anilines is 1. The number of hydrogen-bond acceptors (Lipinski definition) is 6. The van der Waals surface area contributed by atoms with Gasteiger partial charge >= 0.3 is 0 Å². The van der Waals surface area contributed by atoms with Crippen LogP contribution in [-0.2, 0) is 25.6 Å². The Bertz CT molecular complexity index is 1070. The third-order valence-electron chi connectivity index (χ3n) is 5.96. The first-order valence-electron chi connectivity index (χ1n) is 10.9. The van der Waals surface area contributed by atoms with Crippen LogP contribution in [0.5, 0.6) is 5.75 Å². The second-order valence-electron chi connectivity index (χ2n) is 8.35. The fraction of sp³-hybridized carbons (Fsp3) is 0.417. The van der Waals surface area contributed by atoms with Crippen LogP contribution >= 0.6 is 0 Å². The molecule has 0 saturated carbocycles. The fourth-order valence-corrected chi connectivity index (χ4v) is 4.45. The SMILES string of the molecule is COCC(=O)Nc1ccc2c(c1)[C@H]1C[C@@H](CC(=O)NCc3cc(F)ccc3F)O[C@@H](CO)[C@H]1O2. The Morgan fingerprint density at radius 3 is 2.76 bits per heavy atom. The van der Waals surface area contributed by atoms with Crippen molar-refractivity contribution < 1.29 is 37.7 Å². The van der Waals surface area contributed by atoms with E-state index in [4.69, 9.17) is 14.2 Å². The van der Waals surface area contributed by atoms with E-state index in [2.05, 4.69) is 10.6 Å². The van der Waals surface area contributed by atoms with Gasteiger partial charge in [-0.3, -0.25) is 9.59 Å². The van der Waals surface area contributed by atoms with E-state index in [9.17, 15) is 23.5 Å². The van der Waals surface area contributed by atoms with Crippen LogP contribution in [0.1, 0.15) is 29.9 Å². The molecule has 0 unspecified atom stereocenters. The summed E-state index contributed by atoms with van der Waals surface area (Å²) in [5, 5.41) is 15.2. The Balaban J connectivity index is 1.42. The lowest BCUT2D eigenvalue weighted by Gasteiger charge is -2.37. The van der Waals surface area contributed by atoms with Gasteiger partial charge in [-0.25, -0.2) is 8.78 Å². The Hall–Kier alpha value is -3.08. The summed E-state index contributed by atoms with van der Waals surface area (Å²) >= 11 is 0. The van der Waals surface area contributed by atoms with Crippen LogP contribution < -0.4 is 15.4 Å². The molecule has 0 spiro atoms. The maximum absolute atomic E-state index is 13.8. The molecule has 2 amide bonds. The number of carbonyl (C=O) groups is 2. The predicted octanol–water partition coefficient (Wildman–Crippen LogP) is 2.25. The van der Waals surface area contributed by atoms with Crippen LogP contribution in [0.2, 0.25) is 0 Å². The lowest BCUT2D eigenvalue weighted by atomic mass is 9.84. The number of ether oxygens (including phenoxy) is 3. The summed E-state index contributed by atoms with van der Waals surface area (Å²) in [5.74, 6) is -1.39. The van der Waals surface area contributed by atoms with Gasteiger partial charge < -0.3 is 30.0 Å². The van der Waals surface area contributed by atoms with Crippen molar-refractivity contribution in [1.82, 2.24) is 5.32 Å². The maximum atomic E-state index is 13.8. The minimum atomic E-state index is -0.642. The molecule has 0 radical (unpaired) electrons. The standard InChI is InChI=1S/C24H26F2N2O6/c1-32-12-23(31)28-15-3-5-20-17(7-15)18-8-16(33-21(11-29)24(18)34-20)9-22(30)27-10-13-6-14(25)2-4-19(13)26/h2-7,16,18,21,24,29H,8-12H2,1H3,(H,27,30)(H,28,31)/t16-,18+,21-,24-/m0/s1. The molecular weight excluding hydrogens is 450 g/mol. The van der Waals surface area contributed by atoms with Crippen molar-refractivity contribution in [3.05, 3.63) is 59.2 Å². The first-order valence-corrected chi connectivity index (χ1v) is 10.9. The number of fused-ring (bicyclic) bond motifs is 3. The number of rotatable bonds is 8. The van der Waals surface area contributed by atoms with Crippen molar-refractivity contribution in [2.45, 2.75) is 43.6 Å². The topological polar surface area (TPSA) is 106 Å². The summed E-state index contributed by atoms with van der Waals surface area (Å²) in [7, 11) is 1.43. The van der Waals surface area contributed by atoms with E-state index in [1.54, 1.807) is 12.1 Å². The Morgan fingerprint density at radius 2 is 2.00 bits per heavy atom. The van der Waals surface area contributed by atoms with Gasteiger partial charge in [-0.15, -0.1) is 0 Å². The summed E-state index contributed by atoms with van der Waals surface area (Å²) in [5.41, 5.74) is 1.49. The van der Waals surface area contributed by atoms with Crippen molar-refractivity contribution in [2.75, 3.05) is 25.6 Å². The first-order chi connectivity index (χ1) is 16.4. The number of benzene rings is 2. The quantitative estimate of drug-likeness (QED) is 0.540. The van der Waals surface area contributed by atoms with Crippen LogP contribution in [0.15, 0.2) is 36.4 Å². The number of halogens is 2. The molecule has 34 heavy (non-hydrogen) atoms. The summed E-state index contributed by atoms with van der Waals surface area (Å²) in [6, 6.07) is 8.34. The van der Waals surface area contributed by atoms with Gasteiger partial charge in [0.05, 0.1) is 19.1 Å². The summed E-state index contributed by atoms with van der Waals surface area (Å²) in [6.45, 7) is -0.517. The first kappa shape index (κ1) is 24.1. The number of carbonyl (C=O) groups excluding carboxylic acids is 2. The molecular formula is C24H26F2N2O6. The van der Waals surface area contributed by atoms with Gasteiger partial charge in [-0.05, 0) is 42.8 Å². The molecule has 0 bridgehead atoms. The van der Waals surface area contributed by atoms with Crippen LogP contribution in [0, 0.1) is 11.6 Å². The smallest absolute Gasteiger partial charge is 0.250 e. The number of amides is 2. The van der Waals surface area contributed by atoms with Gasteiger partial charge in [0.25, 0.3) is 0 Å². The zero-order valence-corrected chi connectivity index (χ0v) is 18.6. The van der Waals surface area contributed by atoms with Gasteiger partial charge in [0, 0.05) is 36.4 Å². The van der Waals surface area contributed by atoms with Crippen LogP contribution in [-0.4, -0.2) is 55.6 Å². The molecule has 10 heteroatoms. The summed E-state index contributed by atoms with van der Waals surface area (Å²) in [6.07, 6.45) is -1.15. The van der Waals surface area contributed by atoms with E-state index in [1.165, 1.54) is 7.11 Å². The largest absolute Gasteiger partial charge is 0.487 e. The third kappa shape index (κ3) is 5.35. The molecule has 0 aliphatic carbocycles. The molecule has 3 N–H and O–H groups in total. The second-order valence-corrected chi connectivity index (χ2v) is 8.35. The number of aliphatic hydroxyl groups is 1. The van der Waals surface area contributed by atoms with E-state index in [0.29, 0.717) is 17.9 Å². The van der Waals surface area contributed by atoms with E-state index < -0.39 is 29.9 Å². The maximum Gasteiger partial charge on any atom is 0.250 e. The minimum Gasteiger partial charge on any atom is -0.487 e. The summed E-state index contributed by atoms with van der Waals surface area (Å²) in [4.78, 5) is 24.4. The molecule has 2 aromatic rings. The highest BCUT2D eigenvalue weighted by Crippen LogP contribution is 2.47. The zero-order chi connectivity index (χ0) is 24.2. The van der Waals surface area contributed by atoms with E-state index in [1.807, 2.05) is 6.07 Å². The number of aliphatic hydroxyl groups excluding tert-OH is 1. The monoisotopic (exact) mass is 476 g/mol. The number of nitrogens with one attached hydrogen (secondary N) is 2. The molecule has 4 atom stereocenters. The minimum absolute atomic E-state index is 0.0176. The molecule has 2 heterocycles. The lowest BCUT2D eigenvalue weighted by molar-refractivity contribution is -0.142. The molecule has 2 aromatic carbocycles. The highest BCUT2D eigenvalue weighted by Gasteiger charge is 2.46. The van der Waals surface area contributed by atoms with Gasteiger partial charge in [-0.1, -0.05) is 0 Å². The average molecular weight is 476 g/mol. The molecule has 182 valence electrons. The van der Waals surface area contributed by atoms with Crippen molar-refractivity contribution in [1.29, 1.82) is 0 Å². The molecule has 2 aliphatic heterocycles. The van der Waals surface area contributed by atoms with Crippen molar-refractivity contribution in [2.24, 2.45) is 0 Å². The lowest BCUT2D eigenvalue weighted by Crippen LogP contribution is -2.47. The van der Waals surface area contributed by atoms with E-state index >= 15 is 0 Å². The average Bonchev–Trinajstić information content (AvgIpc) is 3.17. The Morgan fingerprint density at radius 1 is 1.18 bits per heavy atom. The van der Waals surface area contributed by atoms with Crippen molar-refractivity contribution in [3.63, 3.8) is 0 Å². The molecule has 4 rings (SSSR count). The van der Waals surface area contributed by atoms with Gasteiger partial charge in [0.2, 0.25) is 11.8 Å². The van der Waals surface area contributed by atoms with Crippen molar-refractivity contribution in [3.8, 4) is 5.75 Å². The Labute approximate surface area is 195 Å². The van der Waals surface area contributed by atoms with Crippen molar-refractivity contribution >= 4 is 17.5 Å². The van der Waals surface area contributed by atoms with E-state index in [-0.39, 0.29) is 49.5 Å². The third-order valence-corrected chi connectivity index (χ3v) is 5.96. The van der Waals surface area contributed by atoms with Crippen LogP contribution in [0.3, 0.4) is 0 Å². The molecule has 2 aliphatic rings. The van der Waals surface area contributed by atoms with E-state index in [0.717, 1.165) is 23.8 Å². The number of methoxy groups -OCH3 is 1. The van der Waals surface area contributed by atoms with Crippen LogP contribution in [0.4, 0.5) is 14.5 Å². The molecule has 8 nitrogen and oxygen atoms in total. The highest BCUT2D eigenvalue weighted by atomic mass is 19.1. The van der Waals surface area contributed by atoms with Gasteiger partial charge in [0.15, 0.2) is 0 Å². The second kappa shape index (κ2) is 10.5. The predicted molar refractivity (Wildman–Crippen MR) is 117 cm³/mol. The Kier molecular flexibility index (Phi) is 7.40. The summed E-state index contributed by atoms with van der Waals surface area (Å²) < 4.78 is 43.9. The molecule has 1 saturated heterocycles.